The van der Waals surface area contributed by atoms with E-state index in [-0.39, 0.29) is 6.04 Å². The third-order valence-electron chi connectivity index (χ3n) is 3.29. The molecule has 1 aromatic heterocycles. The molecule has 0 fully saturated rings. The van der Waals surface area contributed by atoms with Gasteiger partial charge in [-0.3, -0.25) is 0 Å². The number of nitrogens with two attached hydrogens (primary N) is 1. The van der Waals surface area contributed by atoms with Crippen LogP contribution in [0.15, 0.2) is 18.2 Å². The Kier molecular flexibility index (Phi) is 3.32. The average Bonchev–Trinajstić information content (AvgIpc) is 2.80. The first-order valence-electron chi connectivity index (χ1n) is 6.15. The van der Waals surface area contributed by atoms with Gasteiger partial charge in [0.2, 0.25) is 0 Å². The standard InChI is InChI=1S/C13H19N5/c1-8(2)10(4)18-13(15-16-17-18)11-7-9(3)5-6-12(11)14/h5-8,10H,14H2,1-4H3. The zero-order valence-electron chi connectivity index (χ0n) is 11.3. The van der Waals surface area contributed by atoms with E-state index in [0.29, 0.717) is 11.6 Å². The van der Waals surface area contributed by atoms with Gasteiger partial charge in [-0.2, -0.15) is 0 Å². The minimum Gasteiger partial charge on any atom is -0.398 e. The Morgan fingerprint density at radius 1 is 1.22 bits per heavy atom. The summed E-state index contributed by atoms with van der Waals surface area (Å²) in [6, 6.07) is 6.13. The van der Waals surface area contributed by atoms with Crippen LogP contribution in [-0.4, -0.2) is 20.2 Å². The van der Waals surface area contributed by atoms with E-state index in [1.807, 2.05) is 29.8 Å². The van der Waals surface area contributed by atoms with Crippen LogP contribution in [-0.2, 0) is 0 Å². The topological polar surface area (TPSA) is 69.6 Å². The van der Waals surface area contributed by atoms with Crippen molar-refractivity contribution in [2.45, 2.75) is 33.7 Å². The molecule has 0 saturated heterocycles. The number of aromatic nitrogens is 4. The van der Waals surface area contributed by atoms with Crippen molar-refractivity contribution in [1.29, 1.82) is 0 Å². The molecule has 0 spiro atoms. The first kappa shape index (κ1) is 12.5. The number of hydrogen-bond donors (Lipinski definition) is 1. The second kappa shape index (κ2) is 4.76. The fourth-order valence-electron chi connectivity index (χ4n) is 1.79. The lowest BCUT2D eigenvalue weighted by Gasteiger charge is -2.17. The summed E-state index contributed by atoms with van der Waals surface area (Å²) in [6.07, 6.45) is 0. The molecule has 2 N–H and O–H groups in total. The Morgan fingerprint density at radius 3 is 2.61 bits per heavy atom. The summed E-state index contributed by atoms with van der Waals surface area (Å²) < 4.78 is 1.84. The summed E-state index contributed by atoms with van der Waals surface area (Å²) >= 11 is 0. The molecular weight excluding hydrogens is 226 g/mol. The van der Waals surface area contributed by atoms with E-state index in [1.165, 1.54) is 0 Å². The van der Waals surface area contributed by atoms with Crippen LogP contribution in [0.1, 0.15) is 32.4 Å². The number of rotatable bonds is 3. The molecule has 96 valence electrons. The predicted octanol–water partition coefficient (Wildman–Crippen LogP) is 2.45. The molecule has 0 saturated carbocycles. The third kappa shape index (κ3) is 2.20. The maximum Gasteiger partial charge on any atom is 0.184 e. The molecule has 0 aliphatic carbocycles. The fourth-order valence-corrected chi connectivity index (χ4v) is 1.79. The van der Waals surface area contributed by atoms with Crippen molar-refractivity contribution in [3.05, 3.63) is 23.8 Å². The maximum absolute atomic E-state index is 6.02. The van der Waals surface area contributed by atoms with E-state index in [4.69, 9.17) is 5.73 Å². The van der Waals surface area contributed by atoms with E-state index in [0.717, 1.165) is 17.0 Å². The number of hydrogen-bond acceptors (Lipinski definition) is 4. The van der Waals surface area contributed by atoms with Gasteiger partial charge in [-0.05, 0) is 42.3 Å². The van der Waals surface area contributed by atoms with Gasteiger partial charge in [0.1, 0.15) is 0 Å². The SMILES string of the molecule is Cc1ccc(N)c(-c2nnnn2C(C)C(C)C)c1. The molecule has 5 nitrogen and oxygen atoms in total. The highest BCUT2D eigenvalue weighted by molar-refractivity contribution is 5.72. The number of tetrazole rings is 1. The molecule has 0 aliphatic rings. The highest BCUT2D eigenvalue weighted by atomic mass is 15.5. The minimum absolute atomic E-state index is 0.231. The van der Waals surface area contributed by atoms with E-state index in [9.17, 15) is 0 Å². The van der Waals surface area contributed by atoms with Crippen LogP contribution >= 0.6 is 0 Å². The maximum atomic E-state index is 6.02. The fraction of sp³-hybridized carbons (Fsp3) is 0.462. The summed E-state index contributed by atoms with van der Waals surface area (Å²) in [5.41, 5.74) is 8.76. The Labute approximate surface area is 107 Å². The monoisotopic (exact) mass is 245 g/mol. The lowest BCUT2D eigenvalue weighted by atomic mass is 10.1. The second-order valence-corrected chi connectivity index (χ2v) is 5.02. The molecule has 1 heterocycles. The molecule has 2 aromatic rings. The van der Waals surface area contributed by atoms with Gasteiger partial charge in [-0.15, -0.1) is 5.10 Å². The zero-order chi connectivity index (χ0) is 13.3. The van der Waals surface area contributed by atoms with Crippen LogP contribution in [0, 0.1) is 12.8 Å². The van der Waals surface area contributed by atoms with E-state index in [1.54, 1.807) is 0 Å². The zero-order valence-corrected chi connectivity index (χ0v) is 11.3. The summed E-state index contributed by atoms with van der Waals surface area (Å²) in [4.78, 5) is 0. The van der Waals surface area contributed by atoms with Gasteiger partial charge >= 0.3 is 0 Å². The van der Waals surface area contributed by atoms with Gasteiger partial charge in [-0.1, -0.05) is 25.5 Å². The quantitative estimate of drug-likeness (QED) is 0.843. The molecular formula is C13H19N5. The Bertz CT molecular complexity index is 544. The average molecular weight is 245 g/mol. The first-order valence-corrected chi connectivity index (χ1v) is 6.15. The molecule has 1 unspecified atom stereocenters. The third-order valence-corrected chi connectivity index (χ3v) is 3.29. The smallest absolute Gasteiger partial charge is 0.184 e. The molecule has 18 heavy (non-hydrogen) atoms. The lowest BCUT2D eigenvalue weighted by Crippen LogP contribution is -2.15. The van der Waals surface area contributed by atoms with Crippen LogP contribution in [0.2, 0.25) is 0 Å². The predicted molar refractivity (Wildman–Crippen MR) is 72.0 cm³/mol. The molecule has 1 aromatic carbocycles. The molecule has 2 rings (SSSR count). The van der Waals surface area contributed by atoms with Crippen molar-refractivity contribution < 1.29 is 0 Å². The number of anilines is 1. The number of benzene rings is 1. The summed E-state index contributed by atoms with van der Waals surface area (Å²) in [5.74, 6) is 1.19. The Morgan fingerprint density at radius 2 is 1.94 bits per heavy atom. The van der Waals surface area contributed by atoms with E-state index >= 15 is 0 Å². The normalized spacial score (nSPS) is 12.9. The van der Waals surface area contributed by atoms with Crippen LogP contribution in [0.25, 0.3) is 11.4 Å². The molecule has 1 atom stereocenters. The number of nitrogens with zero attached hydrogens (tertiary/aromatic N) is 4. The van der Waals surface area contributed by atoms with Crippen LogP contribution in [0.5, 0.6) is 0 Å². The van der Waals surface area contributed by atoms with Gasteiger partial charge in [-0.25, -0.2) is 4.68 Å². The number of nitrogen functional groups attached to an aromatic ring is 1. The Hall–Kier alpha value is -1.91. The van der Waals surface area contributed by atoms with E-state index < -0.39 is 0 Å². The first-order chi connectivity index (χ1) is 8.50. The number of aryl methyl sites for hydroxylation is 1. The summed E-state index contributed by atoms with van der Waals surface area (Å²) in [6.45, 7) is 8.44. The molecule has 5 heteroatoms. The molecule has 0 aliphatic heterocycles. The van der Waals surface area contributed by atoms with Gasteiger partial charge < -0.3 is 5.73 Å². The van der Waals surface area contributed by atoms with Gasteiger partial charge in [0.25, 0.3) is 0 Å². The van der Waals surface area contributed by atoms with Crippen molar-refractivity contribution in [2.75, 3.05) is 5.73 Å². The molecule has 0 amide bonds. The van der Waals surface area contributed by atoms with Crippen molar-refractivity contribution in [3.8, 4) is 11.4 Å². The highest BCUT2D eigenvalue weighted by Gasteiger charge is 2.18. The summed E-state index contributed by atoms with van der Waals surface area (Å²) in [5, 5.41) is 12.0. The lowest BCUT2D eigenvalue weighted by molar-refractivity contribution is 0.371. The van der Waals surface area contributed by atoms with Crippen molar-refractivity contribution in [3.63, 3.8) is 0 Å². The van der Waals surface area contributed by atoms with Gasteiger partial charge in [0, 0.05) is 11.3 Å². The minimum atomic E-state index is 0.231. The van der Waals surface area contributed by atoms with Crippen molar-refractivity contribution in [1.82, 2.24) is 20.2 Å². The molecule has 0 bridgehead atoms. The van der Waals surface area contributed by atoms with Crippen molar-refractivity contribution >= 4 is 5.69 Å². The second-order valence-electron chi connectivity index (χ2n) is 5.02. The van der Waals surface area contributed by atoms with Crippen LogP contribution in [0.3, 0.4) is 0 Å². The largest absolute Gasteiger partial charge is 0.398 e. The van der Waals surface area contributed by atoms with Crippen LogP contribution < -0.4 is 5.73 Å². The molecule has 0 radical (unpaired) electrons. The van der Waals surface area contributed by atoms with Gasteiger partial charge in [0.05, 0.1) is 6.04 Å². The van der Waals surface area contributed by atoms with Crippen LogP contribution in [0.4, 0.5) is 5.69 Å². The van der Waals surface area contributed by atoms with Crippen molar-refractivity contribution in [2.24, 2.45) is 5.92 Å². The Balaban J connectivity index is 2.52. The highest BCUT2D eigenvalue weighted by Crippen LogP contribution is 2.28. The van der Waals surface area contributed by atoms with E-state index in [2.05, 4.69) is 36.3 Å². The van der Waals surface area contributed by atoms with Gasteiger partial charge in [0.15, 0.2) is 5.82 Å². The summed E-state index contributed by atoms with van der Waals surface area (Å²) in [7, 11) is 0.